The Bertz CT molecular complexity index is 1300. The predicted octanol–water partition coefficient (Wildman–Crippen LogP) is 4.13. The summed E-state index contributed by atoms with van der Waals surface area (Å²) in [5.74, 6) is 0.221. The summed E-state index contributed by atoms with van der Waals surface area (Å²) in [6.45, 7) is 5.79. The number of carbonyl (C=O) groups is 1. The van der Waals surface area contributed by atoms with Crippen LogP contribution in [0, 0.1) is 20.8 Å². The summed E-state index contributed by atoms with van der Waals surface area (Å²) in [4.78, 5) is 29.8. The van der Waals surface area contributed by atoms with Crippen LogP contribution in [0.5, 0.6) is 0 Å². The molecule has 0 unspecified atom stereocenters. The minimum atomic E-state index is -0.377. The van der Waals surface area contributed by atoms with Gasteiger partial charge in [0.1, 0.15) is 12.1 Å². The lowest BCUT2D eigenvalue weighted by Crippen LogP contribution is -2.28. The van der Waals surface area contributed by atoms with Crippen LogP contribution < -0.4 is 10.9 Å². The molecule has 2 aromatic carbocycles. The van der Waals surface area contributed by atoms with E-state index < -0.39 is 0 Å². The van der Waals surface area contributed by atoms with E-state index >= 15 is 0 Å². The Morgan fingerprint density at radius 3 is 2.52 bits per heavy atom. The maximum Gasteiger partial charge on any atom is 0.263 e. The minimum absolute atomic E-state index is 0.115. The van der Waals surface area contributed by atoms with Gasteiger partial charge in [-0.1, -0.05) is 52.7 Å². The van der Waals surface area contributed by atoms with Gasteiger partial charge in [-0.25, -0.2) is 0 Å². The zero-order valence-electron chi connectivity index (χ0n) is 17.5. The molecule has 1 N–H and O–H groups in total. The van der Waals surface area contributed by atoms with Crippen LogP contribution in [0.2, 0.25) is 0 Å². The molecule has 0 fully saturated rings. The number of aromatic nitrogens is 3. The highest BCUT2D eigenvalue weighted by atomic mass is 16.5. The Kier molecular flexibility index (Phi) is 5.49. The van der Waals surface area contributed by atoms with Crippen LogP contribution >= 0.6 is 0 Å². The molecule has 4 rings (SSSR count). The molecule has 7 heteroatoms. The van der Waals surface area contributed by atoms with Crippen molar-refractivity contribution in [1.29, 1.82) is 0 Å². The zero-order valence-corrected chi connectivity index (χ0v) is 17.5. The summed E-state index contributed by atoms with van der Waals surface area (Å²) in [6.07, 6.45) is 1.56. The van der Waals surface area contributed by atoms with Crippen LogP contribution in [0.15, 0.2) is 70.1 Å². The molecular weight excluding hydrogens is 392 g/mol. The lowest BCUT2D eigenvalue weighted by molar-refractivity contribution is -0.116. The van der Waals surface area contributed by atoms with E-state index in [1.165, 1.54) is 4.57 Å². The average Bonchev–Trinajstić information content (AvgIpc) is 3.22. The third-order valence-corrected chi connectivity index (χ3v) is 4.96. The molecule has 2 aromatic heterocycles. The van der Waals surface area contributed by atoms with Crippen molar-refractivity contribution in [1.82, 2.24) is 14.7 Å². The number of hydrogen-bond donors (Lipinski definition) is 1. The third-order valence-electron chi connectivity index (χ3n) is 4.96. The second-order valence-electron chi connectivity index (χ2n) is 7.51. The number of carbonyl (C=O) groups excluding carboxylic acids is 1. The summed E-state index contributed by atoms with van der Waals surface area (Å²) in [5, 5.41) is 6.84. The topological polar surface area (TPSA) is 90.0 Å². The first-order valence-electron chi connectivity index (χ1n) is 9.88. The van der Waals surface area contributed by atoms with Gasteiger partial charge in [-0.05, 0) is 44.5 Å². The van der Waals surface area contributed by atoms with Gasteiger partial charge in [0.15, 0.2) is 0 Å². The van der Waals surface area contributed by atoms with Crippen molar-refractivity contribution in [3.63, 3.8) is 0 Å². The van der Waals surface area contributed by atoms with Crippen LogP contribution in [-0.4, -0.2) is 20.6 Å². The fraction of sp³-hybridized carbons (Fsp3) is 0.167. The maximum atomic E-state index is 12.9. The van der Waals surface area contributed by atoms with Gasteiger partial charge in [0.05, 0.1) is 0 Å². The molecule has 0 aliphatic carbocycles. The Labute approximate surface area is 179 Å². The number of benzene rings is 2. The highest BCUT2D eigenvalue weighted by Gasteiger charge is 2.16. The molecule has 0 atom stereocenters. The van der Waals surface area contributed by atoms with Gasteiger partial charge in [-0.3, -0.25) is 9.59 Å². The molecule has 1 amide bonds. The summed E-state index contributed by atoms with van der Waals surface area (Å²) < 4.78 is 6.65. The summed E-state index contributed by atoms with van der Waals surface area (Å²) >= 11 is 0. The molecular formula is C24H22N4O3. The molecule has 156 valence electrons. The van der Waals surface area contributed by atoms with Gasteiger partial charge in [0, 0.05) is 17.4 Å². The first-order valence-corrected chi connectivity index (χ1v) is 9.88. The van der Waals surface area contributed by atoms with Crippen molar-refractivity contribution in [2.24, 2.45) is 0 Å². The van der Waals surface area contributed by atoms with E-state index in [-0.39, 0.29) is 29.5 Å². The van der Waals surface area contributed by atoms with Crippen LogP contribution in [0.1, 0.15) is 16.7 Å². The van der Waals surface area contributed by atoms with Crippen molar-refractivity contribution >= 4 is 11.6 Å². The van der Waals surface area contributed by atoms with E-state index in [2.05, 4.69) is 15.5 Å². The Hall–Kier alpha value is -4.00. The number of nitrogens with zero attached hydrogens (tertiary/aromatic N) is 3. The number of nitrogens with one attached hydrogen (secondary N) is 1. The van der Waals surface area contributed by atoms with Crippen LogP contribution in [0.3, 0.4) is 0 Å². The predicted molar refractivity (Wildman–Crippen MR) is 119 cm³/mol. The van der Waals surface area contributed by atoms with Crippen molar-refractivity contribution in [2.75, 3.05) is 5.32 Å². The average molecular weight is 414 g/mol. The lowest BCUT2D eigenvalue weighted by atomic mass is 10.1. The second kappa shape index (κ2) is 8.39. The van der Waals surface area contributed by atoms with Crippen molar-refractivity contribution in [3.05, 3.63) is 87.8 Å². The number of rotatable bonds is 5. The standard InChI is InChI=1S/C24H22N4O3/c1-15-6-9-18(10-7-15)22-26-23(31-27-22)19-5-4-12-28(24(19)30)14-21(29)25-20-11-8-16(2)13-17(20)3/h4-13H,14H2,1-3H3,(H,25,29). The normalized spacial score (nSPS) is 10.8. The van der Waals surface area contributed by atoms with Gasteiger partial charge in [0.25, 0.3) is 11.4 Å². The lowest BCUT2D eigenvalue weighted by Gasteiger charge is -2.10. The molecule has 0 bridgehead atoms. The number of anilines is 1. The smallest absolute Gasteiger partial charge is 0.263 e. The summed E-state index contributed by atoms with van der Waals surface area (Å²) in [6, 6.07) is 16.7. The maximum absolute atomic E-state index is 12.9. The van der Waals surface area contributed by atoms with Crippen LogP contribution in [0.25, 0.3) is 22.8 Å². The fourth-order valence-corrected chi connectivity index (χ4v) is 3.28. The summed E-state index contributed by atoms with van der Waals surface area (Å²) in [7, 11) is 0. The molecule has 7 nitrogen and oxygen atoms in total. The number of amides is 1. The molecule has 0 aliphatic heterocycles. The Balaban J connectivity index is 1.55. The SMILES string of the molecule is Cc1ccc(-c2noc(-c3cccn(CC(=O)Nc4ccc(C)cc4C)c3=O)n2)cc1. The van der Waals surface area contributed by atoms with Gasteiger partial charge in [0.2, 0.25) is 11.7 Å². The highest BCUT2D eigenvalue weighted by molar-refractivity contribution is 5.91. The molecule has 0 aliphatic rings. The molecule has 2 heterocycles. The van der Waals surface area contributed by atoms with E-state index in [1.807, 2.05) is 63.2 Å². The zero-order chi connectivity index (χ0) is 22.0. The first-order chi connectivity index (χ1) is 14.9. The van der Waals surface area contributed by atoms with Crippen molar-refractivity contribution in [3.8, 4) is 22.8 Å². The monoisotopic (exact) mass is 414 g/mol. The molecule has 0 radical (unpaired) electrons. The van der Waals surface area contributed by atoms with Gasteiger partial charge < -0.3 is 14.4 Å². The number of hydrogen-bond acceptors (Lipinski definition) is 5. The van der Waals surface area contributed by atoms with Crippen LogP contribution in [-0.2, 0) is 11.3 Å². The second-order valence-corrected chi connectivity index (χ2v) is 7.51. The van der Waals surface area contributed by atoms with E-state index in [0.29, 0.717) is 5.82 Å². The van der Waals surface area contributed by atoms with Gasteiger partial charge >= 0.3 is 0 Å². The van der Waals surface area contributed by atoms with Gasteiger partial charge in [-0.2, -0.15) is 4.98 Å². The van der Waals surface area contributed by atoms with E-state index in [1.54, 1.807) is 18.3 Å². The Morgan fingerprint density at radius 2 is 1.77 bits per heavy atom. The third kappa shape index (κ3) is 4.45. The summed E-state index contributed by atoms with van der Waals surface area (Å²) in [5.41, 5.74) is 4.58. The van der Waals surface area contributed by atoms with Gasteiger partial charge in [-0.15, -0.1) is 0 Å². The number of aryl methyl sites for hydroxylation is 3. The first kappa shape index (κ1) is 20.3. The van der Waals surface area contributed by atoms with Crippen molar-refractivity contribution < 1.29 is 9.32 Å². The molecule has 4 aromatic rings. The highest BCUT2D eigenvalue weighted by Crippen LogP contribution is 2.20. The molecule has 0 spiro atoms. The Morgan fingerprint density at radius 1 is 1.03 bits per heavy atom. The quantitative estimate of drug-likeness (QED) is 0.530. The molecule has 31 heavy (non-hydrogen) atoms. The van der Waals surface area contributed by atoms with E-state index in [9.17, 15) is 9.59 Å². The minimum Gasteiger partial charge on any atom is -0.333 e. The van der Waals surface area contributed by atoms with E-state index in [4.69, 9.17) is 4.52 Å². The largest absolute Gasteiger partial charge is 0.333 e. The molecule has 0 saturated carbocycles. The molecule has 0 saturated heterocycles. The van der Waals surface area contributed by atoms with E-state index in [0.717, 1.165) is 27.9 Å². The number of pyridine rings is 1. The van der Waals surface area contributed by atoms with Crippen LogP contribution in [0.4, 0.5) is 5.69 Å². The van der Waals surface area contributed by atoms with Crippen molar-refractivity contribution in [2.45, 2.75) is 27.3 Å². The fourth-order valence-electron chi connectivity index (χ4n) is 3.28.